The SMILES string of the molecule is Cc1cc(OCC(=O)NNC(=S)NC(=O)c2ccccc2OCCOc2ccccc2)cc(C)c1Cl. The molecular weight excluding hydrogens is 502 g/mol. The van der Waals surface area contributed by atoms with Crippen LogP contribution in [-0.4, -0.2) is 36.7 Å². The third-order valence-electron chi connectivity index (χ3n) is 4.81. The van der Waals surface area contributed by atoms with Crippen molar-refractivity contribution in [3.63, 3.8) is 0 Å². The van der Waals surface area contributed by atoms with E-state index in [2.05, 4.69) is 16.2 Å². The van der Waals surface area contributed by atoms with Crippen LogP contribution in [0.3, 0.4) is 0 Å². The van der Waals surface area contributed by atoms with Gasteiger partial charge >= 0.3 is 0 Å². The van der Waals surface area contributed by atoms with Crippen LogP contribution in [0, 0.1) is 13.8 Å². The van der Waals surface area contributed by atoms with Crippen LogP contribution in [0.5, 0.6) is 17.2 Å². The maximum Gasteiger partial charge on any atom is 0.276 e. The Kier molecular flexibility index (Phi) is 9.91. The monoisotopic (exact) mass is 527 g/mol. The fourth-order valence-corrected chi connectivity index (χ4v) is 3.36. The second-order valence-electron chi connectivity index (χ2n) is 7.62. The van der Waals surface area contributed by atoms with Crippen molar-refractivity contribution >= 4 is 40.7 Å². The largest absolute Gasteiger partial charge is 0.490 e. The zero-order valence-electron chi connectivity index (χ0n) is 19.8. The van der Waals surface area contributed by atoms with Crippen molar-refractivity contribution in [3.8, 4) is 17.2 Å². The maximum atomic E-state index is 12.7. The van der Waals surface area contributed by atoms with Gasteiger partial charge in [-0.25, -0.2) is 0 Å². The Morgan fingerprint density at radius 1 is 0.833 bits per heavy atom. The maximum absolute atomic E-state index is 12.7. The molecule has 0 aliphatic rings. The summed E-state index contributed by atoms with van der Waals surface area (Å²) in [7, 11) is 0. The van der Waals surface area contributed by atoms with Crippen LogP contribution in [-0.2, 0) is 4.79 Å². The molecule has 8 nitrogen and oxygen atoms in total. The zero-order valence-corrected chi connectivity index (χ0v) is 21.4. The van der Waals surface area contributed by atoms with E-state index in [1.807, 2.05) is 44.2 Å². The molecule has 0 bridgehead atoms. The van der Waals surface area contributed by atoms with Gasteiger partial charge in [0, 0.05) is 5.02 Å². The highest BCUT2D eigenvalue weighted by atomic mass is 35.5. The average molecular weight is 528 g/mol. The molecule has 0 aliphatic heterocycles. The first-order valence-corrected chi connectivity index (χ1v) is 11.8. The summed E-state index contributed by atoms with van der Waals surface area (Å²) in [6.45, 7) is 4.00. The Bertz CT molecular complexity index is 1200. The summed E-state index contributed by atoms with van der Waals surface area (Å²) in [5.74, 6) is 0.643. The molecule has 0 heterocycles. The Morgan fingerprint density at radius 3 is 2.19 bits per heavy atom. The van der Waals surface area contributed by atoms with Gasteiger partial charge in [-0.3, -0.25) is 25.8 Å². The molecule has 0 atom stereocenters. The third kappa shape index (κ3) is 8.14. The van der Waals surface area contributed by atoms with Crippen LogP contribution < -0.4 is 30.4 Å². The van der Waals surface area contributed by atoms with E-state index in [1.165, 1.54) is 0 Å². The Hall–Kier alpha value is -3.82. The van der Waals surface area contributed by atoms with Crippen LogP contribution in [0.25, 0.3) is 0 Å². The fourth-order valence-electron chi connectivity index (χ4n) is 3.11. The van der Waals surface area contributed by atoms with Gasteiger partial charge in [0.15, 0.2) is 11.7 Å². The van der Waals surface area contributed by atoms with Gasteiger partial charge < -0.3 is 14.2 Å². The number of rotatable bonds is 9. The first-order valence-electron chi connectivity index (χ1n) is 11.0. The number of benzene rings is 3. The highest BCUT2D eigenvalue weighted by Crippen LogP contribution is 2.25. The summed E-state index contributed by atoms with van der Waals surface area (Å²) in [5.41, 5.74) is 6.84. The van der Waals surface area contributed by atoms with Crippen LogP contribution >= 0.6 is 23.8 Å². The highest BCUT2D eigenvalue weighted by molar-refractivity contribution is 7.80. The second kappa shape index (κ2) is 13.3. The smallest absolute Gasteiger partial charge is 0.276 e. The van der Waals surface area contributed by atoms with Crippen LogP contribution in [0.1, 0.15) is 21.5 Å². The molecule has 10 heteroatoms. The fraction of sp³-hybridized carbons (Fsp3) is 0.192. The van der Waals surface area contributed by atoms with E-state index in [9.17, 15) is 9.59 Å². The lowest BCUT2D eigenvalue weighted by molar-refractivity contribution is -0.123. The first kappa shape index (κ1) is 26.8. The molecular formula is C26H26ClN3O5S. The predicted molar refractivity (Wildman–Crippen MR) is 142 cm³/mol. The van der Waals surface area contributed by atoms with Gasteiger partial charge in [0.2, 0.25) is 0 Å². The van der Waals surface area contributed by atoms with Crippen molar-refractivity contribution < 1.29 is 23.8 Å². The number of hydrogen-bond donors (Lipinski definition) is 3. The minimum Gasteiger partial charge on any atom is -0.490 e. The van der Waals surface area contributed by atoms with Crippen molar-refractivity contribution in [2.45, 2.75) is 13.8 Å². The molecule has 0 aromatic heterocycles. The lowest BCUT2D eigenvalue weighted by Crippen LogP contribution is -2.49. The lowest BCUT2D eigenvalue weighted by atomic mass is 10.1. The number of ether oxygens (including phenoxy) is 3. The van der Waals surface area contributed by atoms with Crippen molar-refractivity contribution in [2.24, 2.45) is 0 Å². The van der Waals surface area contributed by atoms with Crippen molar-refractivity contribution in [2.75, 3.05) is 19.8 Å². The summed E-state index contributed by atoms with van der Waals surface area (Å²) in [4.78, 5) is 24.8. The number of amides is 2. The summed E-state index contributed by atoms with van der Waals surface area (Å²) >= 11 is 11.2. The molecule has 3 aromatic carbocycles. The highest BCUT2D eigenvalue weighted by Gasteiger charge is 2.14. The third-order valence-corrected chi connectivity index (χ3v) is 5.61. The van der Waals surface area contributed by atoms with Gasteiger partial charge in [0.1, 0.15) is 30.5 Å². The molecule has 3 N–H and O–H groups in total. The Labute approximate surface area is 219 Å². The number of carbonyl (C=O) groups is 2. The van der Waals surface area contributed by atoms with Crippen LogP contribution in [0.15, 0.2) is 66.7 Å². The van der Waals surface area contributed by atoms with Gasteiger partial charge in [-0.1, -0.05) is 41.9 Å². The minimum atomic E-state index is -0.496. The molecule has 0 aliphatic carbocycles. The molecule has 0 unspecified atom stereocenters. The number of hydrogen-bond acceptors (Lipinski definition) is 6. The van der Waals surface area contributed by atoms with Crippen LogP contribution in [0.4, 0.5) is 0 Å². The normalized spacial score (nSPS) is 10.2. The van der Waals surface area contributed by atoms with Gasteiger partial charge in [0.25, 0.3) is 11.8 Å². The Balaban J connectivity index is 1.43. The van der Waals surface area contributed by atoms with Gasteiger partial charge in [-0.15, -0.1) is 0 Å². The number of nitrogens with one attached hydrogen (secondary N) is 3. The molecule has 0 spiro atoms. The first-order chi connectivity index (χ1) is 17.3. The standard InChI is InChI=1S/C26H26ClN3O5S/c1-17-14-20(15-18(2)24(17)27)35-16-23(31)29-30-26(36)28-25(32)21-10-6-7-11-22(21)34-13-12-33-19-8-4-3-5-9-19/h3-11,14-15H,12-13,16H2,1-2H3,(H,29,31)(H2,28,30,32,36). The van der Waals surface area contributed by atoms with Gasteiger partial charge in [0.05, 0.1) is 5.56 Å². The van der Waals surface area contributed by atoms with Crippen molar-refractivity contribution in [1.29, 1.82) is 0 Å². The molecule has 2 amide bonds. The molecule has 0 saturated carbocycles. The Morgan fingerprint density at radius 2 is 1.47 bits per heavy atom. The number of thiocarbonyl (C=S) groups is 1. The number of halogens is 1. The summed E-state index contributed by atoms with van der Waals surface area (Å²) in [5, 5.41) is 3.07. The molecule has 3 aromatic rings. The van der Waals surface area contributed by atoms with E-state index < -0.39 is 11.8 Å². The minimum absolute atomic E-state index is 0.0891. The molecule has 0 radical (unpaired) electrons. The summed E-state index contributed by atoms with van der Waals surface area (Å²) in [6.07, 6.45) is 0. The number of para-hydroxylation sites is 2. The number of aryl methyl sites for hydroxylation is 2. The molecule has 0 fully saturated rings. The second-order valence-corrected chi connectivity index (χ2v) is 8.41. The zero-order chi connectivity index (χ0) is 25.9. The van der Waals surface area contributed by atoms with E-state index in [1.54, 1.807) is 36.4 Å². The summed E-state index contributed by atoms with van der Waals surface area (Å²) < 4.78 is 16.8. The lowest BCUT2D eigenvalue weighted by Gasteiger charge is -2.14. The average Bonchev–Trinajstić information content (AvgIpc) is 2.88. The van der Waals surface area contributed by atoms with E-state index in [0.717, 1.165) is 16.9 Å². The van der Waals surface area contributed by atoms with E-state index >= 15 is 0 Å². The predicted octanol–water partition coefficient (Wildman–Crippen LogP) is 4.13. The number of carbonyl (C=O) groups excluding carboxylic acids is 2. The quantitative estimate of drug-likeness (QED) is 0.219. The van der Waals surface area contributed by atoms with Crippen molar-refractivity contribution in [1.82, 2.24) is 16.2 Å². The van der Waals surface area contributed by atoms with E-state index in [4.69, 9.17) is 38.0 Å². The topological polar surface area (TPSA) is 97.9 Å². The summed E-state index contributed by atoms with van der Waals surface area (Å²) in [6, 6.07) is 19.6. The molecule has 36 heavy (non-hydrogen) atoms. The van der Waals surface area contributed by atoms with Gasteiger partial charge in [-0.2, -0.15) is 0 Å². The van der Waals surface area contributed by atoms with E-state index in [-0.39, 0.29) is 23.9 Å². The number of hydrazine groups is 1. The van der Waals surface area contributed by atoms with Gasteiger partial charge in [-0.05, 0) is 73.6 Å². The van der Waals surface area contributed by atoms with Crippen molar-refractivity contribution in [3.05, 3.63) is 88.4 Å². The molecule has 0 saturated heterocycles. The van der Waals surface area contributed by atoms with E-state index in [0.29, 0.717) is 23.1 Å². The molecule has 3 rings (SSSR count). The molecule has 188 valence electrons. The van der Waals surface area contributed by atoms with Crippen LogP contribution in [0.2, 0.25) is 5.02 Å².